The summed E-state index contributed by atoms with van der Waals surface area (Å²) in [6.07, 6.45) is 0. The monoisotopic (exact) mass is 565 g/mol. The Kier molecular flexibility index (Phi) is 4.54. The summed E-state index contributed by atoms with van der Waals surface area (Å²) < 4.78 is 0. The lowest BCUT2D eigenvalue weighted by atomic mass is 9.32. The van der Waals surface area contributed by atoms with E-state index in [-0.39, 0.29) is 13.4 Å². The summed E-state index contributed by atoms with van der Waals surface area (Å²) in [6, 6.07) is 56.8. The molecule has 7 aromatic carbocycles. The molecule has 11 rings (SSSR count). The van der Waals surface area contributed by atoms with Crippen molar-refractivity contribution in [1.82, 2.24) is 0 Å². The van der Waals surface area contributed by atoms with Crippen molar-refractivity contribution in [1.29, 1.82) is 0 Å². The maximum absolute atomic E-state index is 2.61. The molecule has 1 nitrogen and oxygen atoms in total. The van der Waals surface area contributed by atoms with Crippen molar-refractivity contribution in [2.75, 3.05) is 4.90 Å². The Morgan fingerprint density at radius 2 is 0.978 bits per heavy atom. The molecule has 0 aromatic heterocycles. The van der Waals surface area contributed by atoms with Gasteiger partial charge in [-0.3, -0.25) is 0 Å². The number of para-hydroxylation sites is 1. The van der Waals surface area contributed by atoms with E-state index in [1.54, 1.807) is 0 Å². The van der Waals surface area contributed by atoms with Gasteiger partial charge in [-0.25, -0.2) is 0 Å². The number of rotatable bonds is 2. The highest BCUT2D eigenvalue weighted by molar-refractivity contribution is 7.05. The number of nitrogens with zero attached hydrogens (tertiary/aromatic N) is 1. The molecule has 0 atom stereocenters. The number of fused-ring (bicyclic) bond motifs is 10. The third-order valence-corrected chi connectivity index (χ3v) is 10.7. The molecule has 0 spiro atoms. The fourth-order valence-electron chi connectivity index (χ4n) is 8.99. The summed E-state index contributed by atoms with van der Waals surface area (Å²) in [7, 11) is 0. The molecule has 4 aliphatic rings. The summed E-state index contributed by atoms with van der Waals surface area (Å²) >= 11 is 0. The molecular weight excluding hydrogens is 540 g/mol. The molecule has 4 aliphatic heterocycles. The number of benzene rings is 7. The van der Waals surface area contributed by atoms with Crippen molar-refractivity contribution in [2.24, 2.45) is 0 Å². The van der Waals surface area contributed by atoms with E-state index in [0.29, 0.717) is 0 Å². The predicted octanol–water partition coefficient (Wildman–Crippen LogP) is 6.11. The van der Waals surface area contributed by atoms with Crippen molar-refractivity contribution in [3.63, 3.8) is 0 Å². The van der Waals surface area contributed by atoms with E-state index in [4.69, 9.17) is 0 Å². The van der Waals surface area contributed by atoms with Crippen LogP contribution in [0, 0.1) is 0 Å². The van der Waals surface area contributed by atoms with Crippen LogP contribution in [-0.4, -0.2) is 13.4 Å². The van der Waals surface area contributed by atoms with Crippen LogP contribution in [0.1, 0.15) is 0 Å². The van der Waals surface area contributed by atoms with E-state index in [0.717, 1.165) is 0 Å². The van der Waals surface area contributed by atoms with Crippen molar-refractivity contribution >= 4 is 63.3 Å². The molecule has 0 unspecified atom stereocenters. The van der Waals surface area contributed by atoms with Gasteiger partial charge >= 0.3 is 0 Å². The third-order valence-electron chi connectivity index (χ3n) is 10.7. The molecule has 0 fully saturated rings. The molecule has 0 amide bonds. The van der Waals surface area contributed by atoms with E-state index >= 15 is 0 Å². The lowest BCUT2D eigenvalue weighted by Crippen LogP contribution is -2.62. The van der Waals surface area contributed by atoms with Crippen LogP contribution < -0.4 is 37.7 Å². The highest BCUT2D eigenvalue weighted by atomic mass is 15.2. The summed E-state index contributed by atoms with van der Waals surface area (Å²) in [5, 5.41) is 0. The minimum Gasteiger partial charge on any atom is -0.312 e. The van der Waals surface area contributed by atoms with Crippen LogP contribution in [0.2, 0.25) is 0 Å². The average Bonchev–Trinajstić information content (AvgIpc) is 3.64. The van der Waals surface area contributed by atoms with Crippen molar-refractivity contribution < 1.29 is 0 Å². The van der Waals surface area contributed by atoms with Crippen LogP contribution in [0.5, 0.6) is 0 Å². The maximum Gasteiger partial charge on any atom is 0.248 e. The van der Waals surface area contributed by atoms with Crippen LogP contribution in [0.15, 0.2) is 152 Å². The molecular formula is C42H25B2N. The zero-order valence-corrected chi connectivity index (χ0v) is 24.5. The van der Waals surface area contributed by atoms with Gasteiger partial charge in [-0.2, -0.15) is 0 Å². The maximum atomic E-state index is 2.61. The van der Waals surface area contributed by atoms with E-state index < -0.39 is 0 Å². The lowest BCUT2D eigenvalue weighted by molar-refractivity contribution is 1.31. The van der Waals surface area contributed by atoms with E-state index in [2.05, 4.69) is 157 Å². The largest absolute Gasteiger partial charge is 0.312 e. The van der Waals surface area contributed by atoms with Crippen molar-refractivity contribution in [2.45, 2.75) is 0 Å². The minimum absolute atomic E-state index is 0.215. The Balaban J connectivity index is 1.21. The van der Waals surface area contributed by atoms with E-state index in [1.807, 2.05) is 0 Å². The van der Waals surface area contributed by atoms with Gasteiger partial charge in [0, 0.05) is 17.1 Å². The van der Waals surface area contributed by atoms with Gasteiger partial charge in [0.1, 0.15) is 0 Å². The number of hydrogen-bond acceptors (Lipinski definition) is 1. The first kappa shape index (κ1) is 23.9. The third kappa shape index (κ3) is 2.96. The van der Waals surface area contributed by atoms with Gasteiger partial charge in [0.2, 0.25) is 13.4 Å². The standard InChI is InChI=1S/C42H25B2N/c1-3-11-26(12-4-1)28-21-23-34-32(25-28)30-16-9-20-37-40(30)43(34)35-18-10-19-36-42(35)45(37)38-24-22-29(27-13-5-2-6-14-27)39-31-15-7-8-17-33(31)44(36)41(38)39/h1-25H. The Hall–Kier alpha value is -5.53. The zero-order valence-electron chi connectivity index (χ0n) is 24.5. The van der Waals surface area contributed by atoms with Crippen molar-refractivity contribution in [3.8, 4) is 44.5 Å². The van der Waals surface area contributed by atoms with Crippen LogP contribution in [0.3, 0.4) is 0 Å². The highest BCUT2D eigenvalue weighted by Crippen LogP contribution is 2.46. The average molecular weight is 565 g/mol. The van der Waals surface area contributed by atoms with Crippen molar-refractivity contribution in [3.05, 3.63) is 152 Å². The molecule has 0 radical (unpaired) electrons. The molecule has 3 heteroatoms. The Morgan fingerprint density at radius 1 is 0.356 bits per heavy atom. The highest BCUT2D eigenvalue weighted by Gasteiger charge is 2.49. The number of anilines is 3. The van der Waals surface area contributed by atoms with Crippen LogP contribution in [-0.2, 0) is 0 Å². The van der Waals surface area contributed by atoms with Gasteiger partial charge in [-0.15, -0.1) is 0 Å². The molecule has 0 N–H and O–H groups in total. The lowest BCUT2D eigenvalue weighted by Gasteiger charge is -2.42. The molecule has 7 aromatic rings. The molecule has 0 bridgehead atoms. The molecule has 0 saturated carbocycles. The second-order valence-corrected chi connectivity index (χ2v) is 12.8. The van der Waals surface area contributed by atoms with Gasteiger partial charge in [0.25, 0.3) is 0 Å². The van der Waals surface area contributed by atoms with Gasteiger partial charge in [-0.05, 0) is 84.6 Å². The second kappa shape index (κ2) is 8.55. The molecule has 0 saturated heterocycles. The normalized spacial score (nSPS) is 13.6. The molecule has 4 heterocycles. The SMILES string of the molecule is c1ccc(-c2ccc3c(c2)-c2cccc4c2B3c2cccc3c2N4c2ccc(-c4ccccc4)c4c2B3c2ccccc2-4)cc1. The molecule has 0 aliphatic carbocycles. The fourth-order valence-corrected chi connectivity index (χ4v) is 8.99. The molecule has 204 valence electrons. The molecule has 45 heavy (non-hydrogen) atoms. The van der Waals surface area contributed by atoms with Crippen LogP contribution >= 0.6 is 0 Å². The van der Waals surface area contributed by atoms with E-state index in [9.17, 15) is 0 Å². The first-order chi connectivity index (χ1) is 22.4. The van der Waals surface area contributed by atoms with Gasteiger partial charge in [-0.1, -0.05) is 144 Å². The summed E-state index contributed by atoms with van der Waals surface area (Å²) in [6.45, 7) is 0.440. The van der Waals surface area contributed by atoms with Gasteiger partial charge < -0.3 is 4.90 Å². The topological polar surface area (TPSA) is 3.24 Å². The van der Waals surface area contributed by atoms with Gasteiger partial charge in [0.15, 0.2) is 0 Å². The summed E-state index contributed by atoms with van der Waals surface area (Å²) in [4.78, 5) is 2.61. The summed E-state index contributed by atoms with van der Waals surface area (Å²) in [5.74, 6) is 0. The Bertz CT molecular complexity index is 2400. The Labute approximate surface area is 263 Å². The fraction of sp³-hybridized carbons (Fsp3) is 0. The quantitative estimate of drug-likeness (QED) is 0.229. The predicted molar refractivity (Wildman–Crippen MR) is 192 cm³/mol. The second-order valence-electron chi connectivity index (χ2n) is 12.8. The minimum atomic E-state index is 0.215. The van der Waals surface area contributed by atoms with Crippen LogP contribution in [0.4, 0.5) is 17.1 Å². The smallest absolute Gasteiger partial charge is 0.248 e. The summed E-state index contributed by atoms with van der Waals surface area (Å²) in [5.41, 5.74) is 23.2. The number of hydrogen-bond donors (Lipinski definition) is 0. The van der Waals surface area contributed by atoms with Crippen LogP contribution in [0.25, 0.3) is 44.5 Å². The Morgan fingerprint density at radius 3 is 1.80 bits per heavy atom. The first-order valence-corrected chi connectivity index (χ1v) is 15.9. The zero-order chi connectivity index (χ0) is 29.2. The van der Waals surface area contributed by atoms with E-state index in [1.165, 1.54) is 94.3 Å². The first-order valence-electron chi connectivity index (χ1n) is 15.9. The van der Waals surface area contributed by atoms with Gasteiger partial charge in [0.05, 0.1) is 0 Å².